The Kier molecular flexibility index (Phi) is 6.19. The smallest absolute Gasteiger partial charge is 0.224 e. The Labute approximate surface area is 191 Å². The van der Waals surface area contributed by atoms with Crippen LogP contribution in [0.25, 0.3) is 0 Å². The molecule has 3 N–H and O–H groups in total. The van der Waals surface area contributed by atoms with E-state index in [-0.39, 0.29) is 65.4 Å². The fourth-order valence-electron chi connectivity index (χ4n) is 3.96. The minimum atomic E-state index is -1.75. The number of piperidine rings is 1. The molecular weight excluding hydrogens is 472 g/mol. The van der Waals surface area contributed by atoms with Crippen LogP contribution in [0.3, 0.4) is 0 Å². The van der Waals surface area contributed by atoms with Gasteiger partial charge < -0.3 is 25.2 Å². The fourth-order valence-corrected chi connectivity index (χ4v) is 4.37. The van der Waals surface area contributed by atoms with Gasteiger partial charge in [-0.15, -0.1) is 0 Å². The molecule has 32 heavy (non-hydrogen) atoms. The second-order valence-corrected chi connectivity index (χ2v) is 8.71. The third-order valence-corrected chi connectivity index (χ3v) is 6.34. The van der Waals surface area contributed by atoms with Gasteiger partial charge in [0.1, 0.15) is 40.6 Å². The predicted octanol–water partition coefficient (Wildman–Crippen LogP) is 3.68. The zero-order valence-corrected chi connectivity index (χ0v) is 18.1. The maximum absolute atomic E-state index is 14.2. The van der Waals surface area contributed by atoms with E-state index in [0.717, 1.165) is 18.2 Å². The maximum Gasteiger partial charge on any atom is 0.224 e. The third kappa shape index (κ3) is 4.22. The molecule has 2 aliphatic rings. The highest BCUT2D eigenvalue weighted by Gasteiger charge is 2.43. The van der Waals surface area contributed by atoms with Crippen molar-refractivity contribution in [3.63, 3.8) is 0 Å². The second kappa shape index (κ2) is 8.62. The summed E-state index contributed by atoms with van der Waals surface area (Å²) in [5.74, 6) is -2.79. The van der Waals surface area contributed by atoms with Crippen LogP contribution < -0.4 is 15.0 Å². The Bertz CT molecular complexity index is 1060. The minimum absolute atomic E-state index is 0.0233. The molecule has 0 saturated carbocycles. The lowest BCUT2D eigenvalue weighted by Crippen LogP contribution is -2.58. The molecule has 11 heteroatoms. The van der Waals surface area contributed by atoms with Crippen molar-refractivity contribution in [1.29, 1.82) is 0 Å². The van der Waals surface area contributed by atoms with Gasteiger partial charge in [-0.3, -0.25) is 4.79 Å². The van der Waals surface area contributed by atoms with Crippen molar-refractivity contribution in [1.82, 2.24) is 0 Å². The number of ether oxygens (including phenoxy) is 1. The van der Waals surface area contributed by atoms with Gasteiger partial charge in [0, 0.05) is 36.2 Å². The van der Waals surface area contributed by atoms with E-state index in [1.54, 1.807) is 0 Å². The standard InChI is InChI=1S/C21H19Cl2F3N2O4/c22-10-5-13(25)20(14(26)6-10)28-4-3-21(31,16(29)8-28)9-32-15-7-12(24)18(23)19-11(15)1-2-17(30)27-19/h5-7,16,29,31H,1-4,8-9H2,(H,27,30). The number of hydrogen-bond acceptors (Lipinski definition) is 5. The van der Waals surface area contributed by atoms with Crippen molar-refractivity contribution < 1.29 is 32.9 Å². The molecule has 0 bridgehead atoms. The van der Waals surface area contributed by atoms with Crippen LogP contribution in [-0.4, -0.2) is 47.5 Å². The van der Waals surface area contributed by atoms with Crippen LogP contribution in [0.2, 0.25) is 10.0 Å². The van der Waals surface area contributed by atoms with E-state index in [4.69, 9.17) is 27.9 Å². The van der Waals surface area contributed by atoms with Gasteiger partial charge in [-0.1, -0.05) is 23.2 Å². The highest BCUT2D eigenvalue weighted by atomic mass is 35.5. The van der Waals surface area contributed by atoms with E-state index < -0.39 is 35.8 Å². The SMILES string of the molecule is O=C1CCc2c(OCC3(O)CCN(c4c(F)cc(Cl)cc4F)CC3O)cc(F)c(Cl)c2N1. The van der Waals surface area contributed by atoms with Gasteiger partial charge in [0.2, 0.25) is 5.91 Å². The Balaban J connectivity index is 1.51. The first kappa shape index (κ1) is 23.0. The topological polar surface area (TPSA) is 82.0 Å². The summed E-state index contributed by atoms with van der Waals surface area (Å²) < 4.78 is 48.3. The van der Waals surface area contributed by atoms with E-state index in [0.29, 0.717) is 5.56 Å². The lowest BCUT2D eigenvalue weighted by Gasteiger charge is -2.42. The van der Waals surface area contributed by atoms with E-state index in [1.807, 2.05) is 0 Å². The molecule has 2 heterocycles. The summed E-state index contributed by atoms with van der Waals surface area (Å²) in [5.41, 5.74) is -1.50. The molecule has 0 aliphatic carbocycles. The van der Waals surface area contributed by atoms with E-state index in [1.165, 1.54) is 4.90 Å². The molecule has 2 aromatic carbocycles. The van der Waals surface area contributed by atoms with Gasteiger partial charge in [0.15, 0.2) is 11.6 Å². The fraction of sp³-hybridized carbons (Fsp3) is 0.381. The first-order valence-electron chi connectivity index (χ1n) is 9.82. The number of amides is 1. The van der Waals surface area contributed by atoms with E-state index >= 15 is 0 Å². The lowest BCUT2D eigenvalue weighted by atomic mass is 9.89. The van der Waals surface area contributed by atoms with Gasteiger partial charge in [-0.2, -0.15) is 0 Å². The Morgan fingerprint density at radius 3 is 2.50 bits per heavy atom. The summed E-state index contributed by atoms with van der Waals surface area (Å²) in [7, 11) is 0. The number of aliphatic hydroxyl groups is 2. The monoisotopic (exact) mass is 490 g/mol. The molecule has 1 fully saturated rings. The molecule has 2 aliphatic heterocycles. The Morgan fingerprint density at radius 2 is 1.84 bits per heavy atom. The third-order valence-electron chi connectivity index (χ3n) is 5.76. The highest BCUT2D eigenvalue weighted by molar-refractivity contribution is 6.34. The zero-order chi connectivity index (χ0) is 23.2. The molecule has 172 valence electrons. The lowest BCUT2D eigenvalue weighted by molar-refractivity contribution is -0.116. The van der Waals surface area contributed by atoms with Crippen molar-refractivity contribution >= 4 is 40.5 Å². The van der Waals surface area contributed by atoms with Crippen molar-refractivity contribution in [2.75, 3.05) is 29.9 Å². The molecule has 2 aromatic rings. The van der Waals surface area contributed by atoms with Crippen molar-refractivity contribution in [3.05, 3.63) is 51.3 Å². The second-order valence-electron chi connectivity index (χ2n) is 7.89. The number of carbonyl (C=O) groups is 1. The molecule has 4 rings (SSSR count). The number of fused-ring (bicyclic) bond motifs is 1. The number of carbonyl (C=O) groups excluding carboxylic acids is 1. The van der Waals surface area contributed by atoms with Crippen LogP contribution in [0, 0.1) is 17.5 Å². The number of anilines is 2. The van der Waals surface area contributed by atoms with Gasteiger partial charge in [-0.05, 0) is 25.0 Å². The average molecular weight is 491 g/mol. The quantitative estimate of drug-likeness (QED) is 0.608. The minimum Gasteiger partial charge on any atom is -0.490 e. The van der Waals surface area contributed by atoms with Gasteiger partial charge >= 0.3 is 0 Å². The summed E-state index contributed by atoms with van der Waals surface area (Å²) in [6, 6.07) is 2.99. The van der Waals surface area contributed by atoms with Crippen molar-refractivity contribution in [2.45, 2.75) is 31.0 Å². The molecule has 2 unspecified atom stereocenters. The number of β-amino-alcohol motifs (C(OH)–C–C–N with tert-alkyl or cyclic N) is 1. The molecule has 6 nitrogen and oxygen atoms in total. The zero-order valence-electron chi connectivity index (χ0n) is 16.6. The summed E-state index contributed by atoms with van der Waals surface area (Å²) in [6.45, 7) is -0.650. The molecule has 2 atom stereocenters. The molecule has 1 amide bonds. The highest BCUT2D eigenvalue weighted by Crippen LogP contribution is 2.40. The van der Waals surface area contributed by atoms with Crippen molar-refractivity contribution in [2.24, 2.45) is 0 Å². The van der Waals surface area contributed by atoms with Crippen LogP contribution in [0.1, 0.15) is 18.4 Å². The van der Waals surface area contributed by atoms with Crippen molar-refractivity contribution in [3.8, 4) is 5.75 Å². The first-order chi connectivity index (χ1) is 15.1. The summed E-state index contributed by atoms with van der Waals surface area (Å²) >= 11 is 11.6. The normalized spacial score (nSPS) is 23.0. The first-order valence-corrected chi connectivity index (χ1v) is 10.6. The number of aliphatic hydroxyl groups excluding tert-OH is 1. The molecule has 1 saturated heterocycles. The Morgan fingerprint density at radius 1 is 1.16 bits per heavy atom. The van der Waals surface area contributed by atoms with E-state index in [2.05, 4.69) is 5.32 Å². The number of rotatable bonds is 4. The number of benzene rings is 2. The number of nitrogens with one attached hydrogen (secondary N) is 1. The predicted molar refractivity (Wildman–Crippen MR) is 113 cm³/mol. The van der Waals surface area contributed by atoms with E-state index in [9.17, 15) is 28.2 Å². The number of halogens is 5. The maximum atomic E-state index is 14.2. The van der Waals surface area contributed by atoms with Crippen LogP contribution in [-0.2, 0) is 11.2 Å². The van der Waals surface area contributed by atoms with Crippen LogP contribution >= 0.6 is 23.2 Å². The van der Waals surface area contributed by atoms with Gasteiger partial charge in [0.05, 0.1) is 5.69 Å². The number of hydrogen-bond donors (Lipinski definition) is 3. The van der Waals surface area contributed by atoms with Gasteiger partial charge in [-0.25, -0.2) is 13.2 Å². The molecular formula is C21H19Cl2F3N2O4. The van der Waals surface area contributed by atoms with Gasteiger partial charge in [0.25, 0.3) is 0 Å². The largest absolute Gasteiger partial charge is 0.490 e. The van der Waals surface area contributed by atoms with Crippen LogP contribution in [0.4, 0.5) is 24.5 Å². The summed E-state index contributed by atoms with van der Waals surface area (Å²) in [5, 5.41) is 23.7. The number of nitrogens with zero attached hydrogens (tertiary/aromatic N) is 1. The van der Waals surface area contributed by atoms with Crippen LogP contribution in [0.15, 0.2) is 18.2 Å². The van der Waals surface area contributed by atoms with Crippen LogP contribution in [0.5, 0.6) is 5.75 Å². The average Bonchev–Trinajstić information content (AvgIpc) is 2.72. The Hall–Kier alpha value is -2.20. The molecule has 0 spiro atoms. The molecule has 0 aromatic heterocycles. The summed E-state index contributed by atoms with van der Waals surface area (Å²) in [4.78, 5) is 12.9. The molecule has 0 radical (unpaired) electrons. The summed E-state index contributed by atoms with van der Waals surface area (Å²) in [6.07, 6.45) is -1.07.